The van der Waals surface area contributed by atoms with Crippen molar-refractivity contribution in [2.75, 3.05) is 14.1 Å². The summed E-state index contributed by atoms with van der Waals surface area (Å²) in [7, 11) is 4.36. The van der Waals surface area contributed by atoms with Crippen LogP contribution in [0, 0.1) is 24.1 Å². The van der Waals surface area contributed by atoms with Gasteiger partial charge in [0.25, 0.3) is 5.91 Å². The summed E-state index contributed by atoms with van der Waals surface area (Å²) in [5.41, 5.74) is 6.60. The molecule has 0 radical (unpaired) electrons. The topological polar surface area (TPSA) is 98.0 Å². The number of carbonyl (C=O) groups excluding carboxylic acids is 2. The highest BCUT2D eigenvalue weighted by Gasteiger charge is 2.29. The van der Waals surface area contributed by atoms with Gasteiger partial charge in [0.15, 0.2) is 0 Å². The second-order valence-corrected chi connectivity index (χ2v) is 11.5. The Kier molecular flexibility index (Phi) is 10.5. The molecule has 4 aromatic carbocycles. The molecule has 0 spiro atoms. The molecular weight excluding hydrogens is 612 g/mol. The number of aliphatic carboxylic acids is 1. The Morgan fingerprint density at radius 3 is 2.15 bits per heavy atom. The van der Waals surface area contributed by atoms with Crippen molar-refractivity contribution in [3.8, 4) is 6.07 Å². The first-order chi connectivity index (χ1) is 22.2. The number of amides is 1. The van der Waals surface area contributed by atoms with Crippen molar-refractivity contribution in [2.24, 2.45) is 0 Å². The fourth-order valence-electron chi connectivity index (χ4n) is 5.15. The predicted octanol–water partition coefficient (Wildman–Crippen LogP) is 6.00. The number of quaternary nitrogens is 1. The molecule has 5 rings (SSSR count). The molecule has 0 aliphatic rings. The van der Waals surface area contributed by atoms with E-state index in [1.165, 1.54) is 17.3 Å². The van der Waals surface area contributed by atoms with Gasteiger partial charge in [-0.15, -0.1) is 0 Å². The van der Waals surface area contributed by atoms with Gasteiger partial charge in [-0.05, 0) is 66.1 Å². The van der Waals surface area contributed by atoms with Gasteiger partial charge >= 0.3 is 6.18 Å². The Balaban J connectivity index is 0.000000644. The van der Waals surface area contributed by atoms with E-state index in [9.17, 15) is 27.6 Å². The van der Waals surface area contributed by atoms with Crippen LogP contribution in [0.5, 0.6) is 0 Å². The molecule has 1 aromatic heterocycles. The van der Waals surface area contributed by atoms with Crippen LogP contribution in [0.1, 0.15) is 38.3 Å². The van der Waals surface area contributed by atoms with Gasteiger partial charge < -0.3 is 19.8 Å². The van der Waals surface area contributed by atoms with E-state index in [-0.39, 0.29) is 11.7 Å². The number of alkyl halides is 3. The van der Waals surface area contributed by atoms with E-state index in [2.05, 4.69) is 61.9 Å². The first kappa shape index (κ1) is 34.4. The zero-order valence-electron chi connectivity index (χ0n) is 25.9. The van der Waals surface area contributed by atoms with Gasteiger partial charge in [0.2, 0.25) is 0 Å². The molecule has 0 unspecified atom stereocenters. The third-order valence-corrected chi connectivity index (χ3v) is 7.66. The number of hydrogen-bond acceptors (Lipinski definition) is 4. The van der Waals surface area contributed by atoms with Crippen molar-refractivity contribution < 1.29 is 32.3 Å². The van der Waals surface area contributed by atoms with E-state index >= 15 is 0 Å². The number of aryl methyl sites for hydroxylation is 1. The summed E-state index contributed by atoms with van der Waals surface area (Å²) in [6.07, 6.45) is -5.19. The van der Waals surface area contributed by atoms with E-state index in [4.69, 9.17) is 9.90 Å². The van der Waals surface area contributed by atoms with Crippen LogP contribution in [0.2, 0.25) is 0 Å². The minimum absolute atomic E-state index is 0.239. The summed E-state index contributed by atoms with van der Waals surface area (Å²) >= 11 is 0. The van der Waals surface area contributed by atoms with Crippen molar-refractivity contribution in [2.45, 2.75) is 32.7 Å². The van der Waals surface area contributed by atoms with Gasteiger partial charge in [0.1, 0.15) is 29.7 Å². The Hall–Kier alpha value is -5.47. The van der Waals surface area contributed by atoms with Gasteiger partial charge in [-0.3, -0.25) is 9.28 Å². The smallest absolute Gasteiger partial charge is 0.430 e. The van der Waals surface area contributed by atoms with Crippen LogP contribution in [0.15, 0.2) is 97.1 Å². The van der Waals surface area contributed by atoms with Crippen LogP contribution in [0.3, 0.4) is 0 Å². The lowest BCUT2D eigenvalue weighted by atomic mass is 10.1. The Morgan fingerprint density at radius 1 is 0.894 bits per heavy atom. The normalized spacial score (nSPS) is 11.4. The van der Waals surface area contributed by atoms with E-state index in [0.717, 1.165) is 23.2 Å². The van der Waals surface area contributed by atoms with Crippen LogP contribution in [0.25, 0.3) is 10.9 Å². The quantitative estimate of drug-likeness (QED) is 0.165. The summed E-state index contributed by atoms with van der Waals surface area (Å²) in [4.78, 5) is 22.3. The molecule has 242 valence electrons. The number of benzene rings is 4. The molecule has 47 heavy (non-hydrogen) atoms. The molecule has 1 N–H and O–H groups in total. The predicted molar refractivity (Wildman–Crippen MR) is 169 cm³/mol. The lowest BCUT2D eigenvalue weighted by molar-refractivity contribution is -0.344. The fraction of sp³-hybridized carbons (Fsp3) is 0.194. The van der Waals surface area contributed by atoms with E-state index in [0.29, 0.717) is 39.8 Å². The van der Waals surface area contributed by atoms with Crippen LogP contribution >= 0.6 is 0 Å². The largest absolute Gasteiger partial charge is 0.542 e. The van der Waals surface area contributed by atoms with Crippen LogP contribution in [-0.4, -0.2) is 36.7 Å². The third kappa shape index (κ3) is 8.62. The number of hydrogen-bond donors (Lipinski definition) is 1. The van der Waals surface area contributed by atoms with Crippen LogP contribution < -0.4 is 14.9 Å². The molecule has 5 aromatic rings. The van der Waals surface area contributed by atoms with Crippen molar-refractivity contribution in [3.63, 3.8) is 0 Å². The van der Waals surface area contributed by atoms with Gasteiger partial charge in [-0.1, -0.05) is 54.6 Å². The number of nitrogens with one attached hydrogen (secondary N) is 1. The molecule has 0 atom stereocenters. The molecule has 0 bridgehead atoms. The minimum Gasteiger partial charge on any atom is -0.542 e. The average Bonchev–Trinajstić information content (AvgIpc) is 3.40. The molecule has 1 amide bonds. The summed E-state index contributed by atoms with van der Waals surface area (Å²) in [6.45, 7) is 3.35. The summed E-state index contributed by atoms with van der Waals surface area (Å²) in [5, 5.41) is 21.8. The number of fused-ring (bicyclic) bond motifs is 1. The number of carboxylic acid groups (broad SMARTS) is 1. The first-order valence-corrected chi connectivity index (χ1v) is 14.5. The Labute approximate surface area is 269 Å². The van der Waals surface area contributed by atoms with Crippen molar-refractivity contribution in [1.29, 1.82) is 5.26 Å². The number of rotatable bonds is 8. The standard InChI is InChI=1S/C34H31FN4O.C2HF3O2/c1-24-30-19-33(38(32(30)17-16-31(24)35)22-28-11-7-10-27(18-28)20-36)34(40)37-21-25-12-14-29(15-13-25)39(2,3)23-26-8-5-4-6-9-26;3-2(4,5)1(6)7/h4-19H,21-23H2,1-3H3;(H,6,7). The zero-order chi connectivity index (χ0) is 34.4. The maximum Gasteiger partial charge on any atom is 0.430 e. The molecular formula is C36H32F4N4O3. The first-order valence-electron chi connectivity index (χ1n) is 14.5. The highest BCUT2D eigenvalue weighted by atomic mass is 19.4. The highest BCUT2D eigenvalue weighted by molar-refractivity contribution is 5.99. The average molecular weight is 645 g/mol. The van der Waals surface area contributed by atoms with Crippen LogP contribution in [0.4, 0.5) is 23.2 Å². The SMILES string of the molecule is Cc1c(F)ccc2c1cc(C(=O)NCc1ccc([N+](C)(C)Cc3ccccc3)cc1)n2Cc1cccc(C#N)c1.O=C([O-])C(F)(F)F. The fourth-order valence-corrected chi connectivity index (χ4v) is 5.15. The number of carboxylic acids is 1. The van der Waals surface area contributed by atoms with Crippen molar-refractivity contribution >= 4 is 28.5 Å². The minimum atomic E-state index is -5.19. The summed E-state index contributed by atoms with van der Waals surface area (Å²) in [6, 6.07) is 33.1. The molecule has 11 heteroatoms. The Morgan fingerprint density at radius 2 is 1.53 bits per heavy atom. The molecule has 0 aliphatic heterocycles. The molecule has 0 saturated carbocycles. The van der Waals surface area contributed by atoms with Crippen molar-refractivity contribution in [1.82, 2.24) is 14.4 Å². The Bertz CT molecular complexity index is 1930. The number of aromatic nitrogens is 1. The maximum atomic E-state index is 14.4. The third-order valence-electron chi connectivity index (χ3n) is 7.66. The number of nitriles is 1. The van der Waals surface area contributed by atoms with Gasteiger partial charge in [0.05, 0.1) is 25.7 Å². The van der Waals surface area contributed by atoms with Gasteiger partial charge in [-0.2, -0.15) is 18.4 Å². The number of halogens is 4. The molecule has 7 nitrogen and oxygen atoms in total. The maximum absolute atomic E-state index is 14.4. The van der Waals surface area contributed by atoms with Crippen LogP contribution in [-0.2, 0) is 24.4 Å². The second-order valence-electron chi connectivity index (χ2n) is 11.5. The van der Waals surface area contributed by atoms with E-state index in [1.54, 1.807) is 25.1 Å². The zero-order valence-corrected chi connectivity index (χ0v) is 25.9. The van der Waals surface area contributed by atoms with Crippen molar-refractivity contribution in [3.05, 3.63) is 136 Å². The summed E-state index contributed by atoms with van der Waals surface area (Å²) in [5.74, 6) is -3.55. The highest BCUT2D eigenvalue weighted by Crippen LogP contribution is 2.27. The van der Waals surface area contributed by atoms with E-state index < -0.39 is 12.1 Å². The second kappa shape index (κ2) is 14.3. The van der Waals surface area contributed by atoms with Gasteiger partial charge in [0, 0.05) is 29.6 Å². The molecule has 1 heterocycles. The molecule has 0 fully saturated rings. The summed E-state index contributed by atoms with van der Waals surface area (Å²) < 4.78 is 48.5. The number of nitrogens with zero attached hydrogens (tertiary/aromatic N) is 3. The number of carbonyl (C=O) groups is 2. The monoisotopic (exact) mass is 644 g/mol. The lowest BCUT2D eigenvalue weighted by Crippen LogP contribution is -2.39. The van der Waals surface area contributed by atoms with E-state index in [1.807, 2.05) is 41.0 Å². The molecule has 0 saturated heterocycles. The van der Waals surface area contributed by atoms with Gasteiger partial charge in [-0.25, -0.2) is 4.39 Å². The lowest BCUT2D eigenvalue weighted by Gasteiger charge is -2.29. The molecule has 0 aliphatic carbocycles.